The van der Waals surface area contributed by atoms with E-state index in [0.717, 1.165) is 5.56 Å². The van der Waals surface area contributed by atoms with Crippen LogP contribution in [0.3, 0.4) is 0 Å². The zero-order chi connectivity index (χ0) is 17.8. The fourth-order valence-corrected chi connectivity index (χ4v) is 2.29. The maximum atomic E-state index is 13.2. The van der Waals surface area contributed by atoms with Crippen LogP contribution in [0.4, 0.5) is 10.2 Å². The third-order valence-electron chi connectivity index (χ3n) is 3.58. The predicted molar refractivity (Wildman–Crippen MR) is 90.9 cm³/mol. The molecule has 0 saturated heterocycles. The summed E-state index contributed by atoms with van der Waals surface area (Å²) in [6.07, 6.45) is 1.89. The molecule has 7 heteroatoms. The number of nitrogens with one attached hydrogen (secondary N) is 1. The Labute approximate surface area is 143 Å². The van der Waals surface area contributed by atoms with Crippen LogP contribution in [0.5, 0.6) is 0 Å². The third kappa shape index (κ3) is 4.14. The molecule has 2 aromatic heterocycles. The normalized spacial score (nSPS) is 10.5. The van der Waals surface area contributed by atoms with Gasteiger partial charge in [-0.3, -0.25) is 9.59 Å². The summed E-state index contributed by atoms with van der Waals surface area (Å²) in [4.78, 5) is 23.5. The van der Waals surface area contributed by atoms with Gasteiger partial charge < -0.3 is 9.88 Å². The summed E-state index contributed by atoms with van der Waals surface area (Å²) in [6.45, 7) is 0. The molecule has 0 atom stereocenters. The SMILES string of the molecule is Cn1cc(C(=O)Nc2ccc(Cc3cccc(F)c3)nn2)ccc1=O. The third-order valence-corrected chi connectivity index (χ3v) is 3.58. The van der Waals surface area contributed by atoms with E-state index >= 15 is 0 Å². The molecule has 2 heterocycles. The second-order valence-electron chi connectivity index (χ2n) is 5.54. The molecule has 0 unspecified atom stereocenters. The second-order valence-corrected chi connectivity index (χ2v) is 5.54. The smallest absolute Gasteiger partial charge is 0.258 e. The number of hydrogen-bond donors (Lipinski definition) is 1. The van der Waals surface area contributed by atoms with Crippen molar-refractivity contribution in [3.8, 4) is 0 Å². The van der Waals surface area contributed by atoms with Gasteiger partial charge >= 0.3 is 0 Å². The summed E-state index contributed by atoms with van der Waals surface area (Å²) >= 11 is 0. The Hall–Kier alpha value is -3.35. The lowest BCUT2D eigenvalue weighted by atomic mass is 10.1. The van der Waals surface area contributed by atoms with Gasteiger partial charge in [0.15, 0.2) is 5.82 Å². The Morgan fingerprint density at radius 2 is 2.00 bits per heavy atom. The number of benzene rings is 1. The summed E-state index contributed by atoms with van der Waals surface area (Å²) < 4.78 is 14.5. The fourth-order valence-electron chi connectivity index (χ4n) is 2.29. The van der Waals surface area contributed by atoms with Crippen molar-refractivity contribution in [1.29, 1.82) is 0 Å². The van der Waals surface area contributed by atoms with Gasteiger partial charge in [0.25, 0.3) is 5.91 Å². The van der Waals surface area contributed by atoms with Gasteiger partial charge in [0.1, 0.15) is 5.82 Å². The number of aryl methyl sites for hydroxylation is 1. The van der Waals surface area contributed by atoms with Crippen molar-refractivity contribution < 1.29 is 9.18 Å². The van der Waals surface area contributed by atoms with Crippen molar-refractivity contribution in [3.63, 3.8) is 0 Å². The predicted octanol–water partition coefficient (Wildman–Crippen LogP) is 2.16. The molecule has 0 fully saturated rings. The van der Waals surface area contributed by atoms with Crippen LogP contribution in [0.2, 0.25) is 0 Å². The van der Waals surface area contributed by atoms with Crippen molar-refractivity contribution in [2.75, 3.05) is 5.32 Å². The van der Waals surface area contributed by atoms with Crippen LogP contribution in [-0.4, -0.2) is 20.7 Å². The van der Waals surface area contributed by atoms with Crippen LogP contribution < -0.4 is 10.9 Å². The molecule has 126 valence electrons. The van der Waals surface area contributed by atoms with Gasteiger partial charge in [-0.05, 0) is 35.9 Å². The standard InChI is InChI=1S/C18H15FN4O2/c1-23-11-13(5-8-17(23)24)18(25)20-16-7-6-15(21-22-16)10-12-3-2-4-14(19)9-12/h2-9,11H,10H2,1H3,(H,20,22,25). The summed E-state index contributed by atoms with van der Waals surface area (Å²) in [7, 11) is 1.57. The summed E-state index contributed by atoms with van der Waals surface area (Å²) in [5, 5.41) is 10.6. The van der Waals surface area contributed by atoms with Crippen LogP contribution in [0.15, 0.2) is 59.5 Å². The average Bonchev–Trinajstić information content (AvgIpc) is 2.59. The topological polar surface area (TPSA) is 76.9 Å². The Kier molecular flexibility index (Phi) is 4.65. The van der Waals surface area contributed by atoms with Crippen LogP contribution >= 0.6 is 0 Å². The van der Waals surface area contributed by atoms with Crippen LogP contribution in [0.25, 0.3) is 0 Å². The van der Waals surface area contributed by atoms with E-state index in [1.54, 1.807) is 31.3 Å². The van der Waals surface area contributed by atoms with E-state index in [-0.39, 0.29) is 17.3 Å². The van der Waals surface area contributed by atoms with Gasteiger partial charge in [0, 0.05) is 25.7 Å². The van der Waals surface area contributed by atoms with E-state index in [4.69, 9.17) is 0 Å². The lowest BCUT2D eigenvalue weighted by molar-refractivity contribution is 0.102. The number of nitrogens with zero attached hydrogens (tertiary/aromatic N) is 3. The molecule has 6 nitrogen and oxygen atoms in total. The number of carbonyl (C=O) groups is 1. The maximum absolute atomic E-state index is 13.2. The van der Waals surface area contributed by atoms with E-state index in [2.05, 4.69) is 15.5 Å². The minimum Gasteiger partial charge on any atom is -0.318 e. The van der Waals surface area contributed by atoms with Gasteiger partial charge in [-0.15, -0.1) is 5.10 Å². The van der Waals surface area contributed by atoms with Crippen LogP contribution in [-0.2, 0) is 13.5 Å². The molecule has 0 spiro atoms. The maximum Gasteiger partial charge on any atom is 0.258 e. The first kappa shape index (κ1) is 16.5. The number of anilines is 1. The molecule has 1 amide bonds. The Morgan fingerprint density at radius 1 is 1.16 bits per heavy atom. The number of aromatic nitrogens is 3. The lowest BCUT2D eigenvalue weighted by Crippen LogP contribution is -2.20. The first-order chi connectivity index (χ1) is 12.0. The van der Waals surface area contributed by atoms with E-state index < -0.39 is 0 Å². The molecule has 0 radical (unpaired) electrons. The number of hydrogen-bond acceptors (Lipinski definition) is 4. The molecular formula is C18H15FN4O2. The van der Waals surface area contributed by atoms with Gasteiger partial charge in [-0.2, -0.15) is 5.10 Å². The second kappa shape index (κ2) is 7.04. The lowest BCUT2D eigenvalue weighted by Gasteiger charge is -2.06. The van der Waals surface area contributed by atoms with E-state index in [1.165, 1.54) is 35.0 Å². The number of pyridine rings is 1. The van der Waals surface area contributed by atoms with Gasteiger partial charge in [0.05, 0.1) is 11.3 Å². The average molecular weight is 338 g/mol. The largest absolute Gasteiger partial charge is 0.318 e. The molecule has 3 rings (SSSR count). The zero-order valence-corrected chi connectivity index (χ0v) is 13.4. The minimum absolute atomic E-state index is 0.196. The highest BCUT2D eigenvalue weighted by molar-refractivity contribution is 6.03. The van der Waals surface area contributed by atoms with Crippen molar-refractivity contribution >= 4 is 11.7 Å². The van der Waals surface area contributed by atoms with Crippen molar-refractivity contribution in [2.24, 2.45) is 7.05 Å². The number of amides is 1. The number of rotatable bonds is 4. The minimum atomic E-state index is -0.386. The Morgan fingerprint density at radius 3 is 2.68 bits per heavy atom. The first-order valence-electron chi connectivity index (χ1n) is 7.56. The van der Waals surface area contributed by atoms with Crippen molar-refractivity contribution in [2.45, 2.75) is 6.42 Å². The molecule has 25 heavy (non-hydrogen) atoms. The van der Waals surface area contributed by atoms with E-state index in [1.807, 2.05) is 0 Å². The highest BCUT2D eigenvalue weighted by atomic mass is 19.1. The monoisotopic (exact) mass is 338 g/mol. The number of halogens is 1. The van der Waals surface area contributed by atoms with Crippen molar-refractivity contribution in [3.05, 3.63) is 87.7 Å². The molecular weight excluding hydrogens is 323 g/mol. The molecule has 0 saturated carbocycles. The van der Waals surface area contributed by atoms with Crippen LogP contribution in [0.1, 0.15) is 21.6 Å². The quantitative estimate of drug-likeness (QED) is 0.791. The highest BCUT2D eigenvalue weighted by Crippen LogP contribution is 2.11. The fraction of sp³-hybridized carbons (Fsp3) is 0.111. The molecule has 0 bridgehead atoms. The van der Waals surface area contributed by atoms with Gasteiger partial charge in [0.2, 0.25) is 5.56 Å². The zero-order valence-electron chi connectivity index (χ0n) is 13.4. The summed E-state index contributed by atoms with van der Waals surface area (Å²) in [6, 6.07) is 12.4. The Bertz CT molecular complexity index is 967. The van der Waals surface area contributed by atoms with E-state index in [0.29, 0.717) is 23.5 Å². The van der Waals surface area contributed by atoms with Crippen molar-refractivity contribution in [1.82, 2.24) is 14.8 Å². The van der Waals surface area contributed by atoms with Gasteiger partial charge in [-0.1, -0.05) is 12.1 Å². The first-order valence-corrected chi connectivity index (χ1v) is 7.56. The Balaban J connectivity index is 1.68. The molecule has 1 N–H and O–H groups in total. The van der Waals surface area contributed by atoms with E-state index in [9.17, 15) is 14.0 Å². The summed E-state index contributed by atoms with van der Waals surface area (Å²) in [5.41, 5.74) is 1.59. The highest BCUT2D eigenvalue weighted by Gasteiger charge is 2.08. The number of carbonyl (C=O) groups excluding carboxylic acids is 1. The van der Waals surface area contributed by atoms with Gasteiger partial charge in [-0.25, -0.2) is 4.39 Å². The molecule has 0 aliphatic rings. The molecule has 3 aromatic rings. The molecule has 0 aliphatic heterocycles. The summed E-state index contributed by atoms with van der Waals surface area (Å²) in [5.74, 6) is -0.392. The molecule has 1 aromatic carbocycles. The van der Waals surface area contributed by atoms with Crippen LogP contribution in [0, 0.1) is 5.82 Å². The molecule has 0 aliphatic carbocycles.